The van der Waals surface area contributed by atoms with E-state index in [0.29, 0.717) is 35.8 Å². The maximum atomic E-state index is 12.9. The van der Waals surface area contributed by atoms with Gasteiger partial charge in [-0.2, -0.15) is 13.2 Å². The summed E-state index contributed by atoms with van der Waals surface area (Å²) in [4.78, 5) is 12.4. The molecular formula is C21H19Cl2F3N4O2S. The molecule has 0 fully saturated rings. The summed E-state index contributed by atoms with van der Waals surface area (Å²) in [5.41, 5.74) is -0.231. The van der Waals surface area contributed by atoms with E-state index < -0.39 is 17.6 Å². The Morgan fingerprint density at radius 3 is 2.55 bits per heavy atom. The van der Waals surface area contributed by atoms with Crippen molar-refractivity contribution in [1.29, 1.82) is 0 Å². The molecule has 3 aromatic rings. The highest BCUT2D eigenvalue weighted by atomic mass is 35.5. The highest BCUT2D eigenvalue weighted by molar-refractivity contribution is 7.99. The van der Waals surface area contributed by atoms with Crippen molar-refractivity contribution < 1.29 is 22.7 Å². The van der Waals surface area contributed by atoms with Gasteiger partial charge in [-0.1, -0.05) is 35.0 Å². The minimum absolute atomic E-state index is 0.00579. The average molecular weight is 519 g/mol. The molecule has 6 nitrogen and oxygen atoms in total. The Kier molecular flexibility index (Phi) is 8.63. The molecule has 0 aliphatic rings. The van der Waals surface area contributed by atoms with E-state index in [1.165, 1.54) is 0 Å². The lowest BCUT2D eigenvalue weighted by Gasteiger charge is -2.12. The van der Waals surface area contributed by atoms with Crippen LogP contribution < -0.4 is 5.32 Å². The van der Waals surface area contributed by atoms with E-state index in [4.69, 9.17) is 27.9 Å². The van der Waals surface area contributed by atoms with Crippen molar-refractivity contribution >= 4 is 46.6 Å². The molecule has 1 amide bonds. The van der Waals surface area contributed by atoms with Crippen LogP contribution in [0.1, 0.15) is 12.5 Å². The molecule has 0 unspecified atom stereocenters. The Labute approximate surface area is 202 Å². The molecule has 2 aromatic carbocycles. The van der Waals surface area contributed by atoms with Crippen molar-refractivity contribution in [3.63, 3.8) is 0 Å². The number of nitrogens with zero attached hydrogens (tertiary/aromatic N) is 3. The van der Waals surface area contributed by atoms with Gasteiger partial charge in [-0.05, 0) is 49.4 Å². The summed E-state index contributed by atoms with van der Waals surface area (Å²) < 4.78 is 46.1. The number of anilines is 1. The Hall–Kier alpha value is -2.27. The zero-order valence-corrected chi connectivity index (χ0v) is 19.7. The van der Waals surface area contributed by atoms with Crippen LogP contribution in [0, 0.1) is 0 Å². The first-order chi connectivity index (χ1) is 15.7. The maximum Gasteiger partial charge on any atom is 0.416 e. The standard InChI is InChI=1S/C21H19Cl2F3N4O2S/c1-2-32-10-9-30-19(13-3-6-15(22)7-4-13)28-29-20(30)33-12-18(31)27-17-11-14(21(24,25)26)5-8-16(17)23/h3-8,11H,2,9-10,12H2,1H3,(H,27,31). The molecule has 0 aliphatic carbocycles. The topological polar surface area (TPSA) is 69.0 Å². The van der Waals surface area contributed by atoms with E-state index in [1.54, 1.807) is 24.3 Å². The molecule has 1 heterocycles. The SMILES string of the molecule is CCOCCn1c(SCC(=O)Nc2cc(C(F)(F)F)ccc2Cl)nnc1-c1ccc(Cl)cc1. The second kappa shape index (κ2) is 11.2. The first-order valence-corrected chi connectivity index (χ1v) is 11.5. The van der Waals surface area contributed by atoms with Crippen molar-refractivity contribution in [3.05, 3.63) is 58.1 Å². The number of thioether (sulfide) groups is 1. The molecule has 1 aromatic heterocycles. The van der Waals surface area contributed by atoms with Crippen LogP contribution in [0.4, 0.5) is 18.9 Å². The summed E-state index contributed by atoms with van der Waals surface area (Å²) in [6, 6.07) is 9.82. The molecule has 33 heavy (non-hydrogen) atoms. The number of ether oxygens (including phenoxy) is 1. The van der Waals surface area contributed by atoms with E-state index in [-0.39, 0.29) is 16.5 Å². The number of hydrogen-bond donors (Lipinski definition) is 1. The number of carbonyl (C=O) groups is 1. The van der Waals surface area contributed by atoms with Crippen LogP contribution in [-0.4, -0.2) is 39.6 Å². The molecule has 0 bridgehead atoms. The molecular weight excluding hydrogens is 500 g/mol. The van der Waals surface area contributed by atoms with Gasteiger partial charge in [0.25, 0.3) is 0 Å². The fourth-order valence-corrected chi connectivity index (χ4v) is 3.88. The minimum atomic E-state index is -4.55. The summed E-state index contributed by atoms with van der Waals surface area (Å²) in [7, 11) is 0. The van der Waals surface area contributed by atoms with Crippen LogP contribution in [0.3, 0.4) is 0 Å². The second-order valence-corrected chi connectivity index (χ2v) is 8.48. The van der Waals surface area contributed by atoms with Crippen LogP contribution >= 0.6 is 35.0 Å². The quantitative estimate of drug-likeness (QED) is 0.276. The van der Waals surface area contributed by atoms with Gasteiger partial charge < -0.3 is 10.1 Å². The summed E-state index contributed by atoms with van der Waals surface area (Å²) in [6.07, 6.45) is -4.55. The highest BCUT2D eigenvalue weighted by Gasteiger charge is 2.31. The molecule has 0 spiro atoms. The number of hydrogen-bond acceptors (Lipinski definition) is 5. The zero-order valence-electron chi connectivity index (χ0n) is 17.3. The van der Waals surface area contributed by atoms with Crippen molar-refractivity contribution in [2.75, 3.05) is 24.3 Å². The lowest BCUT2D eigenvalue weighted by molar-refractivity contribution is -0.137. The van der Waals surface area contributed by atoms with Crippen molar-refractivity contribution in [2.24, 2.45) is 0 Å². The smallest absolute Gasteiger partial charge is 0.380 e. The molecule has 1 N–H and O–H groups in total. The third-order valence-corrected chi connectivity index (χ3v) is 5.93. The van der Waals surface area contributed by atoms with Gasteiger partial charge in [0.2, 0.25) is 5.91 Å². The van der Waals surface area contributed by atoms with Gasteiger partial charge in [0.05, 0.1) is 35.2 Å². The van der Waals surface area contributed by atoms with Gasteiger partial charge in [0.15, 0.2) is 11.0 Å². The van der Waals surface area contributed by atoms with Gasteiger partial charge in [-0.3, -0.25) is 9.36 Å². The molecule has 12 heteroatoms. The molecule has 3 rings (SSSR count). The monoisotopic (exact) mass is 518 g/mol. The van der Waals surface area contributed by atoms with Gasteiger partial charge >= 0.3 is 6.18 Å². The number of amides is 1. The molecule has 0 aliphatic heterocycles. The highest BCUT2D eigenvalue weighted by Crippen LogP contribution is 2.34. The number of halogens is 5. The number of carbonyl (C=O) groups excluding carboxylic acids is 1. The predicted octanol–water partition coefficient (Wildman–Crippen LogP) is 6.04. The van der Waals surface area contributed by atoms with Crippen LogP contribution in [0.5, 0.6) is 0 Å². The number of rotatable bonds is 9. The molecule has 176 valence electrons. The normalized spacial score (nSPS) is 11.6. The molecule has 0 saturated carbocycles. The van der Waals surface area contributed by atoms with E-state index in [0.717, 1.165) is 35.5 Å². The van der Waals surface area contributed by atoms with Gasteiger partial charge in [-0.25, -0.2) is 0 Å². The average Bonchev–Trinajstić information content (AvgIpc) is 3.16. The Morgan fingerprint density at radius 2 is 1.88 bits per heavy atom. The van der Waals surface area contributed by atoms with E-state index >= 15 is 0 Å². The number of benzene rings is 2. The van der Waals surface area contributed by atoms with Gasteiger partial charge in [0.1, 0.15) is 0 Å². The first-order valence-electron chi connectivity index (χ1n) is 9.75. The van der Waals surface area contributed by atoms with Crippen molar-refractivity contribution in [3.8, 4) is 11.4 Å². The van der Waals surface area contributed by atoms with Gasteiger partial charge in [-0.15, -0.1) is 10.2 Å². The van der Waals surface area contributed by atoms with Crippen molar-refractivity contribution in [2.45, 2.75) is 24.8 Å². The molecule has 0 saturated heterocycles. The first kappa shape index (κ1) is 25.4. The lowest BCUT2D eigenvalue weighted by Crippen LogP contribution is -2.16. The minimum Gasteiger partial charge on any atom is -0.380 e. The predicted molar refractivity (Wildman–Crippen MR) is 123 cm³/mol. The molecule has 0 atom stereocenters. The van der Waals surface area contributed by atoms with Crippen LogP contribution in [0.15, 0.2) is 47.6 Å². The van der Waals surface area contributed by atoms with E-state index in [2.05, 4.69) is 15.5 Å². The number of nitrogens with one attached hydrogen (secondary N) is 1. The third-order valence-electron chi connectivity index (χ3n) is 4.38. The summed E-state index contributed by atoms with van der Waals surface area (Å²) >= 11 is 13.0. The van der Waals surface area contributed by atoms with E-state index in [9.17, 15) is 18.0 Å². The molecule has 0 radical (unpaired) electrons. The third kappa shape index (κ3) is 6.86. The Bertz CT molecular complexity index is 1110. The van der Waals surface area contributed by atoms with Crippen LogP contribution in [-0.2, 0) is 22.3 Å². The lowest BCUT2D eigenvalue weighted by atomic mass is 10.2. The van der Waals surface area contributed by atoms with E-state index in [1.807, 2.05) is 11.5 Å². The summed E-state index contributed by atoms with van der Waals surface area (Å²) in [5.74, 6) is -0.0659. The maximum absolute atomic E-state index is 12.9. The number of alkyl halides is 3. The van der Waals surface area contributed by atoms with Crippen molar-refractivity contribution in [1.82, 2.24) is 14.8 Å². The Morgan fingerprint density at radius 1 is 1.15 bits per heavy atom. The fraction of sp³-hybridized carbons (Fsp3) is 0.286. The second-order valence-electron chi connectivity index (χ2n) is 6.69. The van der Waals surface area contributed by atoms with Crippen LogP contribution in [0.2, 0.25) is 10.0 Å². The largest absolute Gasteiger partial charge is 0.416 e. The van der Waals surface area contributed by atoms with Gasteiger partial charge in [0, 0.05) is 17.2 Å². The Balaban J connectivity index is 1.74. The fourth-order valence-electron chi connectivity index (χ4n) is 2.82. The summed E-state index contributed by atoms with van der Waals surface area (Å²) in [6.45, 7) is 3.28. The number of aromatic nitrogens is 3. The van der Waals surface area contributed by atoms with Crippen LogP contribution in [0.25, 0.3) is 11.4 Å². The zero-order chi connectivity index (χ0) is 24.0. The summed E-state index contributed by atoms with van der Waals surface area (Å²) in [5, 5.41) is 11.9.